The van der Waals surface area contributed by atoms with Crippen LogP contribution in [0.1, 0.15) is 0 Å². The van der Waals surface area contributed by atoms with Gasteiger partial charge < -0.3 is 49.7 Å². The first-order chi connectivity index (χ1) is 5.29. The first kappa shape index (κ1) is 19.3. The molecule has 0 rings (SSSR count). The van der Waals surface area contributed by atoms with Crippen LogP contribution in [0, 0.1) is 0 Å². The van der Waals surface area contributed by atoms with Crippen LogP contribution >= 0.6 is 24.4 Å². The van der Waals surface area contributed by atoms with Crippen LogP contribution in [-0.4, -0.2) is 39.9 Å². The van der Waals surface area contributed by atoms with Crippen LogP contribution in [0.4, 0.5) is 0 Å². The zero-order valence-electron chi connectivity index (χ0n) is 6.02. The zero-order chi connectivity index (χ0) is 10.3. The van der Waals surface area contributed by atoms with Crippen molar-refractivity contribution in [2.45, 2.75) is 0 Å². The van der Waals surface area contributed by atoms with E-state index in [9.17, 15) is 0 Å². The van der Waals surface area contributed by atoms with Crippen LogP contribution in [0.5, 0.6) is 0 Å². The maximum Gasteiger partial charge on any atom is 2.00 e. The van der Waals surface area contributed by atoms with E-state index in [0.717, 1.165) is 0 Å². The van der Waals surface area contributed by atoms with Gasteiger partial charge in [-0.3, -0.25) is 20.8 Å². The van der Waals surface area contributed by atoms with Crippen LogP contribution in [0.15, 0.2) is 0 Å². The van der Waals surface area contributed by atoms with Crippen molar-refractivity contribution < 1.29 is 40.3 Å². The van der Waals surface area contributed by atoms with E-state index in [4.69, 9.17) is 20.8 Å². The summed E-state index contributed by atoms with van der Waals surface area (Å²) >= 11 is 16.2. The maximum atomic E-state index is 7.77. The van der Waals surface area contributed by atoms with E-state index in [2.05, 4.69) is 49.7 Å². The molecule has 0 radical (unpaired) electrons. The van der Waals surface area contributed by atoms with Gasteiger partial charge in [0.25, 0.3) is 0 Å². The summed E-state index contributed by atoms with van der Waals surface area (Å²) in [4.78, 5) is 0. The first-order valence-corrected chi connectivity index (χ1v) is 3.70. The maximum absolute atomic E-state index is 7.77. The summed E-state index contributed by atoms with van der Waals surface area (Å²) in [6.07, 6.45) is 0. The third-order valence-electron chi connectivity index (χ3n) is 0.327. The van der Waals surface area contributed by atoms with Gasteiger partial charge in [-0.2, -0.15) is 10.5 Å². The fourth-order valence-corrected chi connectivity index (χ4v) is 0. The molecule has 0 bridgehead atoms. The zero-order valence-corrected chi connectivity index (χ0v) is 12.3. The summed E-state index contributed by atoms with van der Waals surface area (Å²) in [6, 6.07) is 0. The summed E-state index contributed by atoms with van der Waals surface area (Å²) < 4.78 is -0.759. The Labute approximate surface area is 109 Å². The van der Waals surface area contributed by atoms with Gasteiger partial charge in [-0.05, 0) is 8.64 Å². The molecule has 6 nitrogen and oxygen atoms in total. The second-order valence-electron chi connectivity index (χ2n) is 1.11. The Morgan fingerprint density at radius 3 is 0.923 bits per heavy atom. The summed E-state index contributed by atoms with van der Waals surface area (Å²) in [5.74, 6) is 0. The molecule has 0 aromatic heterocycles. The van der Waals surface area contributed by atoms with Gasteiger partial charge in [0, 0.05) is 0 Å². The fraction of sp³-hybridized carbons (Fsp3) is 0. The monoisotopic (exact) mass is 312 g/mol. The molecule has 0 aromatic rings. The molecule has 0 aliphatic rings. The van der Waals surface area contributed by atoms with Crippen LogP contribution in [0.2, 0.25) is 0 Å². The van der Waals surface area contributed by atoms with Crippen molar-refractivity contribution >= 4 is 58.3 Å². The van der Waals surface area contributed by atoms with Gasteiger partial charge in [-0.15, -0.1) is 0 Å². The van der Waals surface area contributed by atoms with E-state index in [1.807, 2.05) is 0 Å². The quantitative estimate of drug-likeness (QED) is 0.209. The number of hydrogen-bond donors (Lipinski definition) is 4. The van der Waals surface area contributed by atoms with E-state index >= 15 is 0 Å². The minimum atomic E-state index is -0.380. The van der Waals surface area contributed by atoms with Gasteiger partial charge in [0.05, 0.1) is 0 Å². The number of nitrogens with zero attached hydrogens (tertiary/aromatic N) is 2. The second-order valence-corrected chi connectivity index (χ2v) is 3.17. The summed E-state index contributed by atoms with van der Waals surface area (Å²) in [5, 5.41) is 30.5. The Balaban J connectivity index is -0.000000143. The Morgan fingerprint density at radius 2 is 0.923 bits per heavy atom. The Kier molecular flexibility index (Phi) is 16.0. The third-order valence-corrected chi connectivity index (χ3v) is 0.980. The minimum Gasteiger partial charge on any atom is -0.406 e. The van der Waals surface area contributed by atoms with Crippen molar-refractivity contribution in [1.82, 2.24) is 10.5 Å². The van der Waals surface area contributed by atoms with E-state index in [1.165, 1.54) is 0 Å². The van der Waals surface area contributed by atoms with Crippen LogP contribution in [0.3, 0.4) is 0 Å². The van der Waals surface area contributed by atoms with Crippen molar-refractivity contribution in [2.24, 2.45) is 0 Å². The average molecular weight is 314 g/mol. The van der Waals surface area contributed by atoms with Gasteiger partial charge in [0.15, 0.2) is 0 Å². The molecule has 0 aliphatic heterocycles. The van der Waals surface area contributed by atoms with E-state index in [1.54, 1.807) is 0 Å². The predicted octanol–water partition coefficient (Wildman–Crippen LogP) is -0.205. The molecule has 0 unspecified atom stereocenters. The van der Waals surface area contributed by atoms with Crippen LogP contribution in [0.25, 0.3) is 0 Å². The molecule has 13 heavy (non-hydrogen) atoms. The van der Waals surface area contributed by atoms with E-state index in [0.29, 0.717) is 0 Å². The van der Waals surface area contributed by atoms with Gasteiger partial charge in [-0.1, -0.05) is 0 Å². The average Bonchev–Trinajstić information content (AvgIpc) is 1.88. The molecule has 11 heteroatoms. The van der Waals surface area contributed by atoms with Crippen molar-refractivity contribution in [1.29, 1.82) is 0 Å². The normalized spacial score (nSPS) is 7.08. The summed E-state index contributed by atoms with van der Waals surface area (Å²) in [5.41, 5.74) is 0. The van der Waals surface area contributed by atoms with Gasteiger partial charge in [-0.25, -0.2) is 0 Å². The largest absolute Gasteiger partial charge is 2.00 e. The standard InChI is InChI=1S/2CH3NO2S2.Zn/c2*3-2(4)1(5)6;/h2*3-4H,(H,5,6);/q;;+2/p-2. The van der Waals surface area contributed by atoms with Gasteiger partial charge in [0.2, 0.25) is 0 Å². The Morgan fingerprint density at radius 1 is 0.846 bits per heavy atom. The van der Waals surface area contributed by atoms with Crippen molar-refractivity contribution in [3.63, 3.8) is 0 Å². The Hall–Kier alpha value is 0.683. The topological polar surface area (TPSA) is 87.4 Å². The molecule has 4 N–H and O–H groups in total. The molecule has 0 fully saturated rings. The third kappa shape index (κ3) is 19.2. The molecule has 0 saturated heterocycles. The van der Waals surface area contributed by atoms with Crippen molar-refractivity contribution in [2.75, 3.05) is 0 Å². The van der Waals surface area contributed by atoms with Gasteiger partial charge in [0.1, 0.15) is 0 Å². The molecular weight excluding hydrogens is 310 g/mol. The molecule has 0 amide bonds. The number of hydrogen-bond acceptors (Lipinski definition) is 8. The smallest absolute Gasteiger partial charge is 0.406 e. The molecule has 0 atom stereocenters. The van der Waals surface area contributed by atoms with E-state index < -0.39 is 0 Å². The number of hydroxylamine groups is 4. The molecule has 0 spiro atoms. The van der Waals surface area contributed by atoms with E-state index in [-0.39, 0.29) is 38.6 Å². The van der Waals surface area contributed by atoms with Crippen molar-refractivity contribution in [3.8, 4) is 0 Å². The predicted molar refractivity (Wildman–Crippen MR) is 50.7 cm³/mol. The fourth-order valence-electron chi connectivity index (χ4n) is 0. The number of thiocarbonyl (C=S) groups is 2. The first-order valence-electron chi connectivity index (χ1n) is 2.06. The molecule has 0 saturated carbocycles. The summed E-state index contributed by atoms with van der Waals surface area (Å²) in [7, 11) is 0. The second kappa shape index (κ2) is 10.8. The molecular formula is C2H4N2O4S4Zn. The minimum absolute atomic E-state index is 0. The Bertz CT molecular complexity index is 148. The van der Waals surface area contributed by atoms with Crippen molar-refractivity contribution in [3.05, 3.63) is 0 Å². The van der Waals surface area contributed by atoms with Crippen LogP contribution in [-0.2, 0) is 44.7 Å². The molecule has 0 aliphatic carbocycles. The number of rotatable bonds is 0. The molecule has 0 aromatic carbocycles. The van der Waals surface area contributed by atoms with Gasteiger partial charge >= 0.3 is 19.5 Å². The summed E-state index contributed by atoms with van der Waals surface area (Å²) in [6.45, 7) is 0. The molecule has 0 heterocycles. The molecule has 72 valence electrons. The van der Waals surface area contributed by atoms with Crippen LogP contribution < -0.4 is 0 Å². The SMILES string of the molecule is ON(O)C(=S)[S-].ON(O)C(=S)[S-].[Zn+2].